The van der Waals surface area contributed by atoms with Crippen molar-refractivity contribution < 1.29 is 29.1 Å². The number of hydrogen-bond acceptors (Lipinski definition) is 8. The molecule has 16 N–H and O–H groups in total. The number of rotatable bonds is 20. The predicted octanol–water partition coefficient (Wildman–Crippen LogP) is -3.73. The Balaban J connectivity index is 5.82. The normalized spacial score (nSPS) is 14.4. The molecule has 17 nitrogen and oxygen atoms in total. The number of nitrogens with two attached hydrogens (primary N) is 6. The molecule has 5 unspecified atom stereocenters. The first-order valence-electron chi connectivity index (χ1n) is 13.0. The summed E-state index contributed by atoms with van der Waals surface area (Å²) in [5.74, 6) is -4.66. The van der Waals surface area contributed by atoms with Gasteiger partial charge in [-0.2, -0.15) is 0 Å². The molecule has 4 amide bonds. The number of hydrogen-bond donors (Lipinski definition) is 10. The van der Waals surface area contributed by atoms with Crippen molar-refractivity contribution in [2.24, 2.45) is 50.3 Å². The minimum Gasteiger partial charge on any atom is -0.480 e. The first-order valence-corrected chi connectivity index (χ1v) is 13.0. The van der Waals surface area contributed by atoms with Crippen LogP contribution in [0, 0.1) is 5.92 Å². The van der Waals surface area contributed by atoms with Crippen LogP contribution in [0.3, 0.4) is 0 Å². The summed E-state index contributed by atoms with van der Waals surface area (Å²) < 4.78 is 0. The van der Waals surface area contributed by atoms with Gasteiger partial charge in [-0.15, -0.1) is 0 Å². The summed E-state index contributed by atoms with van der Waals surface area (Å²) in [6, 6.07) is -4.63. The number of carboxylic acids is 1. The van der Waals surface area contributed by atoms with Gasteiger partial charge >= 0.3 is 5.97 Å². The number of carboxylic acid groups (broad SMARTS) is 1. The molecule has 0 saturated heterocycles. The molecule has 0 saturated carbocycles. The standard InChI is InChI=1S/C23H45N11O6/c1-3-12(2)17(25)20(38)33-14(7-5-11-31-23(28)29)18(36)32-13(6-4-10-30-22(26)27)19(37)34-15(21(39)40)8-9-16(24)35/h12-15,17H,3-11,25H2,1-2H3,(H2,24,35)(H,32,36)(H,33,38)(H,34,37)(H,39,40)(H4,26,27,30)(H4,28,29,31). The topological polar surface area (TPSA) is 323 Å². The van der Waals surface area contributed by atoms with E-state index in [9.17, 15) is 29.1 Å². The number of aliphatic carboxylic acids is 1. The third kappa shape index (κ3) is 15.3. The summed E-state index contributed by atoms with van der Waals surface area (Å²) in [6.07, 6.45) is 0.799. The number of aliphatic imine (C=N–C) groups is 2. The van der Waals surface area contributed by atoms with Crippen molar-refractivity contribution in [1.29, 1.82) is 0 Å². The van der Waals surface area contributed by atoms with Crippen molar-refractivity contribution in [1.82, 2.24) is 16.0 Å². The molecule has 0 rings (SSSR count). The van der Waals surface area contributed by atoms with Gasteiger partial charge < -0.3 is 55.5 Å². The zero-order chi connectivity index (χ0) is 30.8. The van der Waals surface area contributed by atoms with Crippen LogP contribution in [0.2, 0.25) is 0 Å². The van der Waals surface area contributed by atoms with Crippen LogP contribution in [-0.4, -0.2) is 83.9 Å². The lowest BCUT2D eigenvalue weighted by Crippen LogP contribution is -2.57. The average molecular weight is 572 g/mol. The fraction of sp³-hybridized carbons (Fsp3) is 0.696. The van der Waals surface area contributed by atoms with Gasteiger partial charge in [0.25, 0.3) is 0 Å². The Morgan fingerprint density at radius 3 is 1.52 bits per heavy atom. The van der Waals surface area contributed by atoms with E-state index < -0.39 is 53.8 Å². The predicted molar refractivity (Wildman–Crippen MR) is 149 cm³/mol. The Labute approximate surface area is 233 Å². The number of amides is 4. The largest absolute Gasteiger partial charge is 0.480 e. The zero-order valence-corrected chi connectivity index (χ0v) is 23.1. The Bertz CT molecular complexity index is 919. The van der Waals surface area contributed by atoms with Gasteiger partial charge in [-0.3, -0.25) is 29.2 Å². The Hall–Kier alpha value is -4.15. The van der Waals surface area contributed by atoms with Crippen LogP contribution in [0.25, 0.3) is 0 Å². The van der Waals surface area contributed by atoms with E-state index in [1.165, 1.54) is 0 Å². The van der Waals surface area contributed by atoms with Crippen molar-refractivity contribution >= 4 is 41.5 Å². The minimum absolute atomic E-state index is 0.0254. The highest BCUT2D eigenvalue weighted by molar-refractivity contribution is 5.94. The second-order valence-corrected chi connectivity index (χ2v) is 9.34. The van der Waals surface area contributed by atoms with E-state index in [4.69, 9.17) is 34.4 Å². The molecule has 0 aliphatic heterocycles. The molecule has 17 heteroatoms. The van der Waals surface area contributed by atoms with E-state index in [2.05, 4.69) is 25.9 Å². The fourth-order valence-electron chi connectivity index (χ4n) is 3.41. The quantitative estimate of drug-likeness (QED) is 0.0384. The number of carbonyl (C=O) groups excluding carboxylic acids is 4. The van der Waals surface area contributed by atoms with Crippen LogP contribution < -0.4 is 50.4 Å². The van der Waals surface area contributed by atoms with Gasteiger partial charge in [-0.25, -0.2) is 4.79 Å². The van der Waals surface area contributed by atoms with E-state index in [-0.39, 0.29) is 63.0 Å². The second kappa shape index (κ2) is 19.0. The molecule has 0 radical (unpaired) electrons. The molecule has 0 bridgehead atoms. The van der Waals surface area contributed by atoms with Crippen molar-refractivity contribution in [3.8, 4) is 0 Å². The molecular weight excluding hydrogens is 526 g/mol. The van der Waals surface area contributed by atoms with Crippen molar-refractivity contribution in [2.45, 2.75) is 83.0 Å². The van der Waals surface area contributed by atoms with E-state index in [1.807, 2.05) is 6.92 Å². The number of primary amides is 1. The average Bonchev–Trinajstić information content (AvgIpc) is 2.87. The molecule has 0 heterocycles. The highest BCUT2D eigenvalue weighted by atomic mass is 16.4. The van der Waals surface area contributed by atoms with Gasteiger partial charge in [0, 0.05) is 19.5 Å². The summed E-state index contributed by atoms with van der Waals surface area (Å²) in [6.45, 7) is 3.99. The van der Waals surface area contributed by atoms with E-state index >= 15 is 0 Å². The SMILES string of the molecule is CCC(C)C(N)C(=O)NC(CCCN=C(N)N)C(=O)NC(CCCN=C(N)N)C(=O)NC(CCC(N)=O)C(=O)O. The number of nitrogens with zero attached hydrogens (tertiary/aromatic N) is 2. The lowest BCUT2D eigenvalue weighted by molar-refractivity contribution is -0.142. The van der Waals surface area contributed by atoms with E-state index in [0.29, 0.717) is 12.8 Å². The van der Waals surface area contributed by atoms with Gasteiger partial charge in [0.05, 0.1) is 6.04 Å². The number of carbonyl (C=O) groups is 5. The summed E-state index contributed by atoms with van der Waals surface area (Å²) in [7, 11) is 0. The molecule has 0 fully saturated rings. The second-order valence-electron chi connectivity index (χ2n) is 9.34. The summed E-state index contributed by atoms with van der Waals surface area (Å²) >= 11 is 0. The van der Waals surface area contributed by atoms with Gasteiger partial charge in [-0.1, -0.05) is 20.3 Å². The fourth-order valence-corrected chi connectivity index (χ4v) is 3.41. The monoisotopic (exact) mass is 571 g/mol. The van der Waals surface area contributed by atoms with Crippen LogP contribution in [0.15, 0.2) is 9.98 Å². The maximum atomic E-state index is 13.3. The maximum absolute atomic E-state index is 13.3. The number of nitrogens with one attached hydrogen (secondary N) is 3. The van der Waals surface area contributed by atoms with Crippen molar-refractivity contribution in [3.05, 3.63) is 0 Å². The lowest BCUT2D eigenvalue weighted by Gasteiger charge is -2.26. The highest BCUT2D eigenvalue weighted by Gasteiger charge is 2.30. The van der Waals surface area contributed by atoms with Gasteiger partial charge in [-0.05, 0) is 38.0 Å². The molecule has 5 atom stereocenters. The van der Waals surface area contributed by atoms with Crippen LogP contribution in [0.5, 0.6) is 0 Å². The van der Waals surface area contributed by atoms with Crippen LogP contribution in [0.4, 0.5) is 0 Å². The molecule has 0 aromatic heterocycles. The molecular formula is C23H45N11O6. The lowest BCUT2D eigenvalue weighted by atomic mass is 9.98. The summed E-state index contributed by atoms with van der Waals surface area (Å²) in [4.78, 5) is 69.5. The highest BCUT2D eigenvalue weighted by Crippen LogP contribution is 2.09. The molecule has 0 aliphatic rings. The summed E-state index contributed by atoms with van der Waals surface area (Å²) in [5.41, 5.74) is 32.4. The van der Waals surface area contributed by atoms with Crippen molar-refractivity contribution in [2.75, 3.05) is 13.1 Å². The van der Waals surface area contributed by atoms with Crippen LogP contribution in [-0.2, 0) is 24.0 Å². The molecule has 0 spiro atoms. The first kappa shape index (κ1) is 35.9. The zero-order valence-electron chi connectivity index (χ0n) is 23.1. The van der Waals surface area contributed by atoms with Gasteiger partial charge in [0.2, 0.25) is 23.6 Å². The number of guanidine groups is 2. The molecule has 228 valence electrons. The molecule has 0 aliphatic carbocycles. The van der Waals surface area contributed by atoms with Gasteiger partial charge in [0.15, 0.2) is 11.9 Å². The Kier molecular flexibility index (Phi) is 17.0. The van der Waals surface area contributed by atoms with Crippen LogP contribution in [0.1, 0.15) is 58.8 Å². The van der Waals surface area contributed by atoms with E-state index in [0.717, 1.165) is 0 Å². The minimum atomic E-state index is -1.43. The van der Waals surface area contributed by atoms with Crippen molar-refractivity contribution in [3.63, 3.8) is 0 Å². The first-order chi connectivity index (χ1) is 18.7. The summed E-state index contributed by atoms with van der Waals surface area (Å²) in [5, 5.41) is 16.9. The molecule has 0 aromatic rings. The third-order valence-electron chi connectivity index (χ3n) is 6.01. The van der Waals surface area contributed by atoms with Gasteiger partial charge in [0.1, 0.15) is 18.1 Å². The maximum Gasteiger partial charge on any atom is 0.326 e. The van der Waals surface area contributed by atoms with E-state index in [1.54, 1.807) is 6.92 Å². The van der Waals surface area contributed by atoms with Crippen LogP contribution >= 0.6 is 0 Å². The smallest absolute Gasteiger partial charge is 0.326 e. The molecule has 40 heavy (non-hydrogen) atoms. The Morgan fingerprint density at radius 2 is 1.15 bits per heavy atom. The Morgan fingerprint density at radius 1 is 0.725 bits per heavy atom. The molecule has 0 aromatic carbocycles. The third-order valence-corrected chi connectivity index (χ3v) is 6.01.